The SMILES string of the molecule is CC1=CSC(C(C)C)N1. The van der Waals surface area contributed by atoms with E-state index in [1.807, 2.05) is 11.8 Å². The molecule has 1 atom stereocenters. The van der Waals surface area contributed by atoms with Gasteiger partial charge in [0.1, 0.15) is 0 Å². The third kappa shape index (κ3) is 1.65. The summed E-state index contributed by atoms with van der Waals surface area (Å²) in [5.41, 5.74) is 1.30. The smallest absolute Gasteiger partial charge is 0.0783 e. The Bertz CT molecular complexity index is 129. The number of hydrogen-bond donors (Lipinski definition) is 1. The molecular weight excluding hydrogens is 130 g/mol. The van der Waals surface area contributed by atoms with Crippen LogP contribution in [0.1, 0.15) is 20.8 Å². The van der Waals surface area contributed by atoms with E-state index in [1.165, 1.54) is 5.70 Å². The monoisotopic (exact) mass is 143 g/mol. The van der Waals surface area contributed by atoms with E-state index in [-0.39, 0.29) is 0 Å². The van der Waals surface area contributed by atoms with Gasteiger partial charge < -0.3 is 5.32 Å². The molecule has 0 saturated carbocycles. The molecule has 0 aliphatic carbocycles. The minimum atomic E-state index is 0.616. The van der Waals surface area contributed by atoms with Gasteiger partial charge >= 0.3 is 0 Å². The molecule has 0 fully saturated rings. The van der Waals surface area contributed by atoms with E-state index in [0.717, 1.165) is 5.92 Å². The Morgan fingerprint density at radius 1 is 1.67 bits per heavy atom. The van der Waals surface area contributed by atoms with Crippen molar-refractivity contribution in [2.45, 2.75) is 26.1 Å². The second-order valence-corrected chi connectivity index (χ2v) is 3.76. The lowest BCUT2D eigenvalue weighted by Crippen LogP contribution is -2.24. The van der Waals surface area contributed by atoms with Crippen LogP contribution in [0.3, 0.4) is 0 Å². The lowest BCUT2D eigenvalue weighted by molar-refractivity contribution is 0.563. The van der Waals surface area contributed by atoms with Crippen molar-refractivity contribution in [3.8, 4) is 0 Å². The van der Waals surface area contributed by atoms with Gasteiger partial charge in [0.25, 0.3) is 0 Å². The molecule has 52 valence electrons. The fraction of sp³-hybridized carbons (Fsp3) is 0.714. The molecular formula is C7H13NS. The van der Waals surface area contributed by atoms with Crippen LogP contribution in [-0.4, -0.2) is 5.37 Å². The van der Waals surface area contributed by atoms with Crippen LogP contribution in [0.5, 0.6) is 0 Å². The van der Waals surface area contributed by atoms with Gasteiger partial charge in [0, 0.05) is 5.70 Å². The number of hydrogen-bond acceptors (Lipinski definition) is 2. The summed E-state index contributed by atoms with van der Waals surface area (Å²) in [6, 6.07) is 0. The second kappa shape index (κ2) is 2.65. The Morgan fingerprint density at radius 3 is 2.56 bits per heavy atom. The molecule has 1 unspecified atom stereocenters. The Hall–Kier alpha value is -0.110. The van der Waals surface area contributed by atoms with Gasteiger partial charge in [-0.05, 0) is 18.2 Å². The Morgan fingerprint density at radius 2 is 2.33 bits per heavy atom. The summed E-state index contributed by atoms with van der Waals surface area (Å²) in [5, 5.41) is 6.18. The van der Waals surface area contributed by atoms with Crippen LogP contribution >= 0.6 is 11.8 Å². The van der Waals surface area contributed by atoms with Gasteiger partial charge in [-0.1, -0.05) is 13.8 Å². The summed E-state index contributed by atoms with van der Waals surface area (Å²) in [5.74, 6) is 0.726. The average molecular weight is 143 g/mol. The molecule has 1 aliphatic rings. The molecule has 0 bridgehead atoms. The van der Waals surface area contributed by atoms with E-state index in [1.54, 1.807) is 0 Å². The van der Waals surface area contributed by atoms with Gasteiger partial charge in [-0.2, -0.15) is 0 Å². The first-order valence-electron chi connectivity index (χ1n) is 3.29. The van der Waals surface area contributed by atoms with E-state index < -0.39 is 0 Å². The van der Waals surface area contributed by atoms with Gasteiger partial charge in [0.15, 0.2) is 0 Å². The van der Waals surface area contributed by atoms with Crippen LogP contribution < -0.4 is 5.32 Å². The van der Waals surface area contributed by atoms with Gasteiger partial charge in [-0.25, -0.2) is 0 Å². The van der Waals surface area contributed by atoms with Crippen molar-refractivity contribution in [2.75, 3.05) is 0 Å². The number of rotatable bonds is 1. The van der Waals surface area contributed by atoms with Gasteiger partial charge in [0.2, 0.25) is 0 Å². The molecule has 2 heteroatoms. The van der Waals surface area contributed by atoms with E-state index in [9.17, 15) is 0 Å². The minimum Gasteiger partial charge on any atom is -0.376 e. The zero-order chi connectivity index (χ0) is 6.85. The van der Waals surface area contributed by atoms with Crippen LogP contribution in [0.4, 0.5) is 0 Å². The van der Waals surface area contributed by atoms with Gasteiger partial charge in [0.05, 0.1) is 5.37 Å². The molecule has 0 radical (unpaired) electrons. The van der Waals surface area contributed by atoms with Crippen molar-refractivity contribution in [1.29, 1.82) is 0 Å². The fourth-order valence-electron chi connectivity index (χ4n) is 0.792. The summed E-state index contributed by atoms with van der Waals surface area (Å²) < 4.78 is 0. The van der Waals surface area contributed by atoms with Gasteiger partial charge in [-0.3, -0.25) is 0 Å². The maximum Gasteiger partial charge on any atom is 0.0783 e. The third-order valence-corrected chi connectivity index (χ3v) is 2.81. The van der Waals surface area contributed by atoms with E-state index in [4.69, 9.17) is 0 Å². The predicted molar refractivity (Wildman–Crippen MR) is 43.1 cm³/mol. The first-order chi connectivity index (χ1) is 4.20. The van der Waals surface area contributed by atoms with Crippen LogP contribution in [-0.2, 0) is 0 Å². The summed E-state index contributed by atoms with van der Waals surface area (Å²) in [6.07, 6.45) is 0. The van der Waals surface area contributed by atoms with E-state index in [2.05, 4.69) is 31.5 Å². The summed E-state index contributed by atoms with van der Waals surface area (Å²) in [4.78, 5) is 0. The van der Waals surface area contributed by atoms with Crippen molar-refractivity contribution < 1.29 is 0 Å². The molecule has 1 rings (SSSR count). The molecule has 0 spiro atoms. The largest absolute Gasteiger partial charge is 0.376 e. The molecule has 1 nitrogen and oxygen atoms in total. The number of nitrogens with one attached hydrogen (secondary N) is 1. The molecule has 1 N–H and O–H groups in total. The predicted octanol–water partition coefficient (Wildman–Crippen LogP) is 2.17. The molecule has 0 aromatic carbocycles. The van der Waals surface area contributed by atoms with Crippen molar-refractivity contribution in [1.82, 2.24) is 5.32 Å². The van der Waals surface area contributed by atoms with E-state index in [0.29, 0.717) is 5.37 Å². The average Bonchev–Trinajstić information content (AvgIpc) is 2.14. The zero-order valence-electron chi connectivity index (χ0n) is 6.14. The molecule has 0 aromatic heterocycles. The fourth-order valence-corrected chi connectivity index (χ4v) is 1.78. The number of allylic oxidation sites excluding steroid dienone is 1. The highest BCUT2D eigenvalue weighted by Gasteiger charge is 2.16. The highest BCUT2D eigenvalue weighted by molar-refractivity contribution is 8.02. The molecule has 0 aromatic rings. The Labute approximate surface area is 60.9 Å². The summed E-state index contributed by atoms with van der Waals surface area (Å²) in [7, 11) is 0. The summed E-state index contributed by atoms with van der Waals surface area (Å²) >= 11 is 1.89. The molecule has 1 aliphatic heterocycles. The highest BCUT2D eigenvalue weighted by atomic mass is 32.2. The lowest BCUT2D eigenvalue weighted by atomic mass is 10.2. The van der Waals surface area contributed by atoms with E-state index >= 15 is 0 Å². The highest BCUT2D eigenvalue weighted by Crippen LogP contribution is 2.25. The van der Waals surface area contributed by atoms with Crippen molar-refractivity contribution in [3.05, 3.63) is 11.1 Å². The first-order valence-corrected chi connectivity index (χ1v) is 4.23. The van der Waals surface area contributed by atoms with Gasteiger partial charge in [-0.15, -0.1) is 11.8 Å². The first kappa shape index (κ1) is 7.00. The second-order valence-electron chi connectivity index (χ2n) is 2.75. The van der Waals surface area contributed by atoms with Crippen LogP contribution in [0.25, 0.3) is 0 Å². The third-order valence-electron chi connectivity index (χ3n) is 1.37. The summed E-state index contributed by atoms with van der Waals surface area (Å²) in [6.45, 7) is 6.57. The van der Waals surface area contributed by atoms with Crippen LogP contribution in [0.2, 0.25) is 0 Å². The Balaban J connectivity index is 2.37. The van der Waals surface area contributed by atoms with Crippen LogP contribution in [0, 0.1) is 5.92 Å². The van der Waals surface area contributed by atoms with Crippen molar-refractivity contribution >= 4 is 11.8 Å². The normalized spacial score (nSPS) is 26.2. The van der Waals surface area contributed by atoms with Crippen LogP contribution in [0.15, 0.2) is 11.1 Å². The number of thioether (sulfide) groups is 1. The Kier molecular flexibility index (Phi) is 2.06. The van der Waals surface area contributed by atoms with Crippen molar-refractivity contribution in [2.24, 2.45) is 5.92 Å². The molecule has 1 heterocycles. The standard InChI is InChI=1S/C7H13NS/c1-5(2)7-8-6(3)4-9-7/h4-5,7-8H,1-3H3. The molecule has 9 heavy (non-hydrogen) atoms. The quantitative estimate of drug-likeness (QED) is 0.603. The lowest BCUT2D eigenvalue weighted by Gasteiger charge is -2.14. The molecule has 0 amide bonds. The maximum atomic E-state index is 3.38. The molecule has 0 saturated heterocycles. The minimum absolute atomic E-state index is 0.616. The van der Waals surface area contributed by atoms with Crippen molar-refractivity contribution in [3.63, 3.8) is 0 Å². The topological polar surface area (TPSA) is 12.0 Å². The maximum absolute atomic E-state index is 3.38. The zero-order valence-corrected chi connectivity index (χ0v) is 6.96.